The van der Waals surface area contributed by atoms with Gasteiger partial charge in [0.2, 0.25) is 0 Å². The Balaban J connectivity index is 1.29. The molecule has 4 rings (SSSR count). The van der Waals surface area contributed by atoms with Crippen LogP contribution < -0.4 is 5.32 Å². The van der Waals surface area contributed by atoms with Crippen molar-refractivity contribution in [3.63, 3.8) is 0 Å². The van der Waals surface area contributed by atoms with Crippen molar-refractivity contribution in [1.82, 2.24) is 10.2 Å². The van der Waals surface area contributed by atoms with Gasteiger partial charge < -0.3 is 5.32 Å². The lowest BCUT2D eigenvalue weighted by Gasteiger charge is -2.15. The summed E-state index contributed by atoms with van der Waals surface area (Å²) in [6.45, 7) is 3.38. The molecular weight excluding hydrogens is 411 g/mol. The second kappa shape index (κ2) is 10.1. The van der Waals surface area contributed by atoms with E-state index in [-0.39, 0.29) is 11.7 Å². The van der Waals surface area contributed by atoms with Crippen LogP contribution in [0.5, 0.6) is 0 Å². The zero-order valence-corrected chi connectivity index (χ0v) is 18.2. The van der Waals surface area contributed by atoms with Crippen LogP contribution in [0.3, 0.4) is 0 Å². The predicted octanol–water partition coefficient (Wildman–Crippen LogP) is 5.71. The summed E-state index contributed by atoms with van der Waals surface area (Å²) in [5.41, 5.74) is 4.28. The topological polar surface area (TPSA) is 32.3 Å². The molecular formula is C26H26ClFN2O. The minimum atomic E-state index is -0.196. The van der Waals surface area contributed by atoms with Gasteiger partial charge in [-0.3, -0.25) is 9.69 Å². The Morgan fingerprint density at radius 3 is 2.23 bits per heavy atom. The van der Waals surface area contributed by atoms with Crippen LogP contribution in [0.1, 0.15) is 34.3 Å². The molecule has 1 heterocycles. The van der Waals surface area contributed by atoms with Gasteiger partial charge in [0.15, 0.2) is 0 Å². The number of carbonyl (C=O) groups is 1. The Labute approximate surface area is 187 Å². The highest BCUT2D eigenvalue weighted by molar-refractivity contribution is 6.30. The molecule has 3 aromatic carbocycles. The summed E-state index contributed by atoms with van der Waals surface area (Å²) in [7, 11) is 0. The monoisotopic (exact) mass is 436 g/mol. The van der Waals surface area contributed by atoms with E-state index < -0.39 is 0 Å². The van der Waals surface area contributed by atoms with Crippen LogP contribution >= 0.6 is 11.6 Å². The number of rotatable bonds is 7. The second-order valence-corrected chi connectivity index (χ2v) is 8.44. The van der Waals surface area contributed by atoms with E-state index in [0.29, 0.717) is 29.1 Å². The predicted molar refractivity (Wildman–Crippen MR) is 124 cm³/mol. The molecule has 1 N–H and O–H groups in total. The van der Waals surface area contributed by atoms with Crippen LogP contribution in [0.25, 0.3) is 11.1 Å². The fraction of sp³-hybridized carbons (Fsp3) is 0.269. The summed E-state index contributed by atoms with van der Waals surface area (Å²) in [5.74, 6) is -0.355. The molecule has 0 spiro atoms. The fourth-order valence-corrected chi connectivity index (χ4v) is 4.09. The van der Waals surface area contributed by atoms with Crippen LogP contribution in [-0.4, -0.2) is 30.4 Å². The number of nitrogens with zero attached hydrogens (tertiary/aromatic N) is 1. The highest BCUT2D eigenvalue weighted by Gasteiger charge is 2.13. The number of likely N-dealkylation sites (tertiary alicyclic amines) is 1. The molecule has 3 nitrogen and oxygen atoms in total. The maximum absolute atomic E-state index is 14.5. The lowest BCUT2D eigenvalue weighted by Crippen LogP contribution is -2.25. The summed E-state index contributed by atoms with van der Waals surface area (Å²) in [4.78, 5) is 14.8. The number of benzene rings is 3. The SMILES string of the molecule is O=C(NCCc1ccc(CN2CCCC2)cc1F)c1ccc(-c2ccc(Cl)cc2)cc1. The second-order valence-electron chi connectivity index (χ2n) is 8.00. The highest BCUT2D eigenvalue weighted by atomic mass is 35.5. The average Bonchev–Trinajstić information content (AvgIpc) is 3.29. The lowest BCUT2D eigenvalue weighted by atomic mass is 10.0. The Morgan fingerprint density at radius 2 is 1.58 bits per heavy atom. The van der Waals surface area contributed by atoms with E-state index in [0.717, 1.165) is 36.3 Å². The molecule has 31 heavy (non-hydrogen) atoms. The summed E-state index contributed by atoms with van der Waals surface area (Å²) >= 11 is 5.93. The Bertz CT molecular complexity index is 1030. The van der Waals surface area contributed by atoms with Gasteiger partial charge in [0.1, 0.15) is 5.82 Å². The first-order valence-corrected chi connectivity index (χ1v) is 11.1. The average molecular weight is 437 g/mol. The molecule has 0 saturated carbocycles. The van der Waals surface area contributed by atoms with Crippen molar-refractivity contribution >= 4 is 17.5 Å². The minimum Gasteiger partial charge on any atom is -0.352 e. The molecule has 0 unspecified atom stereocenters. The van der Waals surface area contributed by atoms with Gasteiger partial charge in [0.25, 0.3) is 5.91 Å². The van der Waals surface area contributed by atoms with Crippen molar-refractivity contribution < 1.29 is 9.18 Å². The molecule has 1 aliphatic heterocycles. The molecule has 0 bridgehead atoms. The zero-order chi connectivity index (χ0) is 21.6. The summed E-state index contributed by atoms with van der Waals surface area (Å²) < 4.78 is 14.5. The van der Waals surface area contributed by atoms with E-state index in [4.69, 9.17) is 11.6 Å². The van der Waals surface area contributed by atoms with Crippen LogP contribution in [0.15, 0.2) is 66.7 Å². The smallest absolute Gasteiger partial charge is 0.251 e. The van der Waals surface area contributed by atoms with Gasteiger partial charge in [-0.25, -0.2) is 4.39 Å². The minimum absolute atomic E-state index is 0.159. The Hall–Kier alpha value is -2.69. The standard InChI is InChI=1S/C26H26ClFN2O/c27-24-11-9-21(10-12-24)20-5-7-23(8-6-20)26(31)29-14-13-22-4-3-19(17-25(22)28)18-30-15-1-2-16-30/h3-12,17H,1-2,13-16,18H2,(H,29,31). The molecule has 5 heteroatoms. The molecule has 0 atom stereocenters. The van der Waals surface area contributed by atoms with Crippen molar-refractivity contribution in [2.75, 3.05) is 19.6 Å². The molecule has 3 aromatic rings. The van der Waals surface area contributed by atoms with Crippen molar-refractivity contribution in [3.05, 3.63) is 94.3 Å². The van der Waals surface area contributed by atoms with Crippen LogP contribution in [0, 0.1) is 5.82 Å². The zero-order valence-electron chi connectivity index (χ0n) is 17.4. The number of hydrogen-bond acceptors (Lipinski definition) is 2. The Kier molecular flexibility index (Phi) is 7.00. The van der Waals surface area contributed by atoms with Crippen LogP contribution in [0.4, 0.5) is 4.39 Å². The molecule has 0 aromatic heterocycles. The highest BCUT2D eigenvalue weighted by Crippen LogP contribution is 2.22. The molecule has 1 amide bonds. The van der Waals surface area contributed by atoms with Crippen molar-refractivity contribution in [2.24, 2.45) is 0 Å². The third kappa shape index (κ3) is 5.72. The first-order valence-electron chi connectivity index (χ1n) is 10.7. The normalized spacial score (nSPS) is 14.0. The largest absolute Gasteiger partial charge is 0.352 e. The molecule has 1 saturated heterocycles. The first kappa shape index (κ1) is 21.5. The van der Waals surface area contributed by atoms with Crippen LogP contribution in [-0.2, 0) is 13.0 Å². The molecule has 0 aliphatic carbocycles. The quantitative estimate of drug-likeness (QED) is 0.514. The van der Waals surface area contributed by atoms with Gasteiger partial charge in [-0.2, -0.15) is 0 Å². The number of nitrogens with one attached hydrogen (secondary N) is 1. The van der Waals surface area contributed by atoms with E-state index >= 15 is 0 Å². The fourth-order valence-electron chi connectivity index (χ4n) is 3.96. The van der Waals surface area contributed by atoms with E-state index in [2.05, 4.69) is 10.2 Å². The van der Waals surface area contributed by atoms with E-state index in [9.17, 15) is 9.18 Å². The number of halogens is 2. The van der Waals surface area contributed by atoms with Crippen LogP contribution in [0.2, 0.25) is 5.02 Å². The number of amides is 1. The molecule has 0 radical (unpaired) electrons. The third-order valence-corrected chi connectivity index (χ3v) is 5.98. The molecule has 160 valence electrons. The van der Waals surface area contributed by atoms with E-state index in [1.54, 1.807) is 18.2 Å². The summed E-state index contributed by atoms with van der Waals surface area (Å²) in [6.07, 6.45) is 2.92. The lowest BCUT2D eigenvalue weighted by molar-refractivity contribution is 0.0954. The van der Waals surface area contributed by atoms with E-state index in [1.165, 1.54) is 12.8 Å². The van der Waals surface area contributed by atoms with Gasteiger partial charge in [0.05, 0.1) is 0 Å². The maximum atomic E-state index is 14.5. The Morgan fingerprint density at radius 1 is 0.935 bits per heavy atom. The molecule has 1 fully saturated rings. The van der Waals surface area contributed by atoms with Crippen molar-refractivity contribution in [1.29, 1.82) is 0 Å². The van der Waals surface area contributed by atoms with Gasteiger partial charge in [-0.1, -0.05) is 48.0 Å². The van der Waals surface area contributed by atoms with E-state index in [1.807, 2.05) is 48.5 Å². The number of carbonyl (C=O) groups excluding carboxylic acids is 1. The summed E-state index contributed by atoms with van der Waals surface area (Å²) in [5, 5.41) is 3.58. The maximum Gasteiger partial charge on any atom is 0.251 e. The van der Waals surface area contributed by atoms with Gasteiger partial charge in [0, 0.05) is 23.7 Å². The number of hydrogen-bond donors (Lipinski definition) is 1. The molecule has 1 aliphatic rings. The van der Waals surface area contributed by atoms with Gasteiger partial charge in [-0.15, -0.1) is 0 Å². The van der Waals surface area contributed by atoms with Crippen molar-refractivity contribution in [2.45, 2.75) is 25.8 Å². The first-order chi connectivity index (χ1) is 15.1. The third-order valence-electron chi connectivity index (χ3n) is 5.73. The van der Waals surface area contributed by atoms with Gasteiger partial charge in [-0.05, 0) is 84.9 Å². The van der Waals surface area contributed by atoms with Gasteiger partial charge >= 0.3 is 0 Å². The summed E-state index contributed by atoms with van der Waals surface area (Å²) in [6, 6.07) is 20.5. The van der Waals surface area contributed by atoms with Crippen molar-refractivity contribution in [3.8, 4) is 11.1 Å².